The van der Waals surface area contributed by atoms with Gasteiger partial charge in [-0.1, -0.05) is 35.9 Å². The standard InChI is InChI=1S/C17H16N4O/c1-13-5-7-14(8-6-13)9-10-17(22)18-12-16-20-19-15-4-2-3-11-21(15)16/h2-11H,12H2,1H3,(H,18,22)/b10-9+. The fourth-order valence-electron chi connectivity index (χ4n) is 2.09. The summed E-state index contributed by atoms with van der Waals surface area (Å²) in [4.78, 5) is 11.9. The Hall–Kier alpha value is -2.95. The topological polar surface area (TPSA) is 59.3 Å². The predicted octanol–water partition coefficient (Wildman–Crippen LogP) is 2.37. The number of benzene rings is 1. The van der Waals surface area contributed by atoms with Crippen LogP contribution in [0.3, 0.4) is 0 Å². The molecule has 0 spiro atoms. The van der Waals surface area contributed by atoms with Crippen molar-refractivity contribution >= 4 is 17.6 Å². The van der Waals surface area contributed by atoms with Crippen molar-refractivity contribution in [1.29, 1.82) is 0 Å². The highest BCUT2D eigenvalue weighted by Gasteiger charge is 2.05. The van der Waals surface area contributed by atoms with Crippen LogP contribution in [0.15, 0.2) is 54.7 Å². The van der Waals surface area contributed by atoms with Gasteiger partial charge in [0.1, 0.15) is 0 Å². The number of hydrogen-bond acceptors (Lipinski definition) is 3. The van der Waals surface area contributed by atoms with Crippen LogP contribution in [-0.2, 0) is 11.3 Å². The number of hydrogen-bond donors (Lipinski definition) is 1. The van der Waals surface area contributed by atoms with Gasteiger partial charge < -0.3 is 5.32 Å². The summed E-state index contributed by atoms with van der Waals surface area (Å²) in [5.41, 5.74) is 2.95. The molecule has 0 atom stereocenters. The normalized spacial score (nSPS) is 11.1. The fraction of sp³-hybridized carbons (Fsp3) is 0.118. The second-order valence-corrected chi connectivity index (χ2v) is 5.01. The van der Waals surface area contributed by atoms with E-state index >= 15 is 0 Å². The molecule has 22 heavy (non-hydrogen) atoms. The maximum absolute atomic E-state index is 11.9. The van der Waals surface area contributed by atoms with Gasteiger partial charge >= 0.3 is 0 Å². The zero-order valence-electron chi connectivity index (χ0n) is 12.2. The molecule has 5 nitrogen and oxygen atoms in total. The Morgan fingerprint density at radius 2 is 2.00 bits per heavy atom. The van der Waals surface area contributed by atoms with Gasteiger partial charge in [0, 0.05) is 12.3 Å². The van der Waals surface area contributed by atoms with Gasteiger partial charge in [0.05, 0.1) is 6.54 Å². The van der Waals surface area contributed by atoms with Crippen LogP contribution < -0.4 is 5.32 Å². The number of nitrogens with zero attached hydrogens (tertiary/aromatic N) is 3. The van der Waals surface area contributed by atoms with Crippen molar-refractivity contribution in [3.05, 3.63) is 71.7 Å². The summed E-state index contributed by atoms with van der Waals surface area (Å²) in [6.07, 6.45) is 5.18. The van der Waals surface area contributed by atoms with Gasteiger partial charge in [-0.25, -0.2) is 0 Å². The molecule has 0 saturated carbocycles. The number of fused-ring (bicyclic) bond motifs is 1. The lowest BCUT2D eigenvalue weighted by Gasteiger charge is -2.01. The third kappa shape index (κ3) is 3.20. The molecule has 0 aliphatic rings. The molecule has 0 aliphatic carbocycles. The van der Waals surface area contributed by atoms with Crippen molar-refractivity contribution < 1.29 is 4.79 Å². The van der Waals surface area contributed by atoms with E-state index in [0.29, 0.717) is 12.4 Å². The molecule has 2 heterocycles. The van der Waals surface area contributed by atoms with Gasteiger partial charge in [-0.2, -0.15) is 0 Å². The fourth-order valence-corrected chi connectivity index (χ4v) is 2.09. The zero-order valence-corrected chi connectivity index (χ0v) is 12.2. The van der Waals surface area contributed by atoms with E-state index in [1.165, 1.54) is 11.6 Å². The maximum Gasteiger partial charge on any atom is 0.244 e. The summed E-state index contributed by atoms with van der Waals surface area (Å²) in [5.74, 6) is 0.543. The van der Waals surface area contributed by atoms with Crippen LogP contribution in [0.1, 0.15) is 17.0 Å². The van der Waals surface area contributed by atoms with E-state index in [0.717, 1.165) is 11.2 Å². The van der Waals surface area contributed by atoms with Crippen LogP contribution in [0.4, 0.5) is 0 Å². The van der Waals surface area contributed by atoms with Gasteiger partial charge in [-0.3, -0.25) is 9.20 Å². The monoisotopic (exact) mass is 292 g/mol. The highest BCUT2D eigenvalue weighted by molar-refractivity contribution is 5.91. The highest BCUT2D eigenvalue weighted by atomic mass is 16.1. The molecular formula is C17H16N4O. The highest BCUT2D eigenvalue weighted by Crippen LogP contribution is 2.05. The van der Waals surface area contributed by atoms with Crippen molar-refractivity contribution in [3.63, 3.8) is 0 Å². The Morgan fingerprint density at radius 3 is 2.82 bits per heavy atom. The van der Waals surface area contributed by atoms with Gasteiger partial charge in [-0.15, -0.1) is 10.2 Å². The Labute approximate surface area is 128 Å². The van der Waals surface area contributed by atoms with Crippen LogP contribution in [-0.4, -0.2) is 20.5 Å². The first kappa shape index (κ1) is 14.0. The van der Waals surface area contributed by atoms with Crippen molar-refractivity contribution in [1.82, 2.24) is 19.9 Å². The zero-order chi connectivity index (χ0) is 15.4. The molecule has 2 aromatic heterocycles. The Kier molecular flexibility index (Phi) is 3.96. The average molecular weight is 292 g/mol. The molecule has 0 unspecified atom stereocenters. The molecule has 0 fully saturated rings. The summed E-state index contributed by atoms with van der Waals surface area (Å²) in [6, 6.07) is 13.7. The quantitative estimate of drug-likeness (QED) is 0.751. The largest absolute Gasteiger partial charge is 0.345 e. The molecule has 0 aliphatic heterocycles. The first-order valence-electron chi connectivity index (χ1n) is 7.03. The number of pyridine rings is 1. The third-order valence-corrected chi connectivity index (χ3v) is 3.31. The van der Waals surface area contributed by atoms with E-state index in [1.807, 2.05) is 60.0 Å². The number of amides is 1. The van der Waals surface area contributed by atoms with E-state index in [4.69, 9.17) is 0 Å². The van der Waals surface area contributed by atoms with E-state index in [1.54, 1.807) is 6.08 Å². The molecular weight excluding hydrogens is 276 g/mol. The van der Waals surface area contributed by atoms with Gasteiger partial charge in [0.25, 0.3) is 0 Å². The molecule has 1 amide bonds. The summed E-state index contributed by atoms with van der Waals surface area (Å²) in [7, 11) is 0. The summed E-state index contributed by atoms with van der Waals surface area (Å²) >= 11 is 0. The summed E-state index contributed by atoms with van der Waals surface area (Å²) < 4.78 is 1.85. The number of carbonyl (C=O) groups is 1. The second kappa shape index (κ2) is 6.22. The van der Waals surface area contributed by atoms with Crippen LogP contribution in [0.25, 0.3) is 11.7 Å². The average Bonchev–Trinajstić information content (AvgIpc) is 2.96. The predicted molar refractivity (Wildman–Crippen MR) is 85.0 cm³/mol. The van der Waals surface area contributed by atoms with E-state index in [-0.39, 0.29) is 5.91 Å². The third-order valence-electron chi connectivity index (χ3n) is 3.31. The van der Waals surface area contributed by atoms with Crippen LogP contribution in [0.5, 0.6) is 0 Å². The minimum absolute atomic E-state index is 0.159. The van der Waals surface area contributed by atoms with Crippen LogP contribution in [0.2, 0.25) is 0 Å². The van der Waals surface area contributed by atoms with Gasteiger partial charge in [0.2, 0.25) is 5.91 Å². The minimum atomic E-state index is -0.159. The molecule has 1 aromatic carbocycles. The lowest BCUT2D eigenvalue weighted by molar-refractivity contribution is -0.116. The summed E-state index contributed by atoms with van der Waals surface area (Å²) in [6.45, 7) is 2.37. The molecule has 5 heteroatoms. The van der Waals surface area contributed by atoms with Crippen LogP contribution >= 0.6 is 0 Å². The lowest BCUT2D eigenvalue weighted by atomic mass is 10.1. The van der Waals surface area contributed by atoms with Crippen molar-refractivity contribution in [2.45, 2.75) is 13.5 Å². The molecule has 1 N–H and O–H groups in total. The van der Waals surface area contributed by atoms with Crippen molar-refractivity contribution in [3.8, 4) is 0 Å². The second-order valence-electron chi connectivity index (χ2n) is 5.01. The number of carbonyl (C=O) groups excluding carboxylic acids is 1. The Balaban J connectivity index is 1.61. The number of rotatable bonds is 4. The minimum Gasteiger partial charge on any atom is -0.345 e. The van der Waals surface area contributed by atoms with Gasteiger partial charge in [-0.05, 0) is 30.7 Å². The van der Waals surface area contributed by atoms with E-state index in [2.05, 4.69) is 15.5 Å². The molecule has 3 rings (SSSR count). The van der Waals surface area contributed by atoms with Gasteiger partial charge in [0.15, 0.2) is 11.5 Å². The number of aromatic nitrogens is 3. The number of nitrogens with one attached hydrogen (secondary N) is 1. The van der Waals surface area contributed by atoms with Crippen molar-refractivity contribution in [2.24, 2.45) is 0 Å². The van der Waals surface area contributed by atoms with Crippen LogP contribution in [0, 0.1) is 6.92 Å². The number of aryl methyl sites for hydroxylation is 1. The Morgan fingerprint density at radius 1 is 1.18 bits per heavy atom. The smallest absolute Gasteiger partial charge is 0.244 e. The SMILES string of the molecule is Cc1ccc(/C=C/C(=O)NCc2nnc3ccccn23)cc1. The first-order valence-corrected chi connectivity index (χ1v) is 7.03. The lowest BCUT2D eigenvalue weighted by Crippen LogP contribution is -2.21. The van der Waals surface area contributed by atoms with E-state index < -0.39 is 0 Å². The molecule has 110 valence electrons. The molecule has 3 aromatic rings. The Bertz CT molecular complexity index is 818. The first-order chi connectivity index (χ1) is 10.7. The maximum atomic E-state index is 11.9. The summed E-state index contributed by atoms with van der Waals surface area (Å²) in [5, 5.41) is 10.9. The molecule has 0 saturated heterocycles. The van der Waals surface area contributed by atoms with E-state index in [9.17, 15) is 4.79 Å². The van der Waals surface area contributed by atoms with Crippen molar-refractivity contribution in [2.75, 3.05) is 0 Å². The molecule has 0 radical (unpaired) electrons. The molecule has 0 bridgehead atoms.